The maximum absolute atomic E-state index is 11.9. The second-order valence-electron chi connectivity index (χ2n) is 4.88. The van der Waals surface area contributed by atoms with Crippen LogP contribution in [0.5, 0.6) is 0 Å². The summed E-state index contributed by atoms with van der Waals surface area (Å²) in [5.41, 5.74) is 7.08. The van der Waals surface area contributed by atoms with Gasteiger partial charge in [-0.15, -0.1) is 0 Å². The molecule has 0 heterocycles. The first-order valence-corrected chi connectivity index (χ1v) is 6.27. The second kappa shape index (κ2) is 7.13. The van der Waals surface area contributed by atoms with Crippen molar-refractivity contribution in [3.05, 3.63) is 35.4 Å². The molecule has 4 N–H and O–H groups in total. The van der Waals surface area contributed by atoms with Gasteiger partial charge < -0.3 is 16.2 Å². The van der Waals surface area contributed by atoms with Crippen molar-refractivity contribution in [2.24, 2.45) is 11.7 Å². The third-order valence-corrected chi connectivity index (χ3v) is 2.76. The van der Waals surface area contributed by atoms with Gasteiger partial charge in [0.2, 0.25) is 0 Å². The molecule has 0 fully saturated rings. The Morgan fingerprint density at radius 1 is 1.33 bits per heavy atom. The molecule has 0 aliphatic rings. The summed E-state index contributed by atoms with van der Waals surface area (Å²) in [5, 5.41) is 12.1. The number of nitrogens with one attached hydrogen (secondary N) is 1. The predicted octanol–water partition coefficient (Wildman–Crippen LogP) is 1.28. The van der Waals surface area contributed by atoms with Gasteiger partial charge >= 0.3 is 0 Å². The largest absolute Gasteiger partial charge is 0.394 e. The number of aliphatic hydroxyl groups is 1. The number of benzene rings is 1. The van der Waals surface area contributed by atoms with Crippen molar-refractivity contribution in [3.8, 4) is 0 Å². The van der Waals surface area contributed by atoms with Crippen LogP contribution in [0.4, 0.5) is 0 Å². The first kappa shape index (κ1) is 14.7. The summed E-state index contributed by atoms with van der Waals surface area (Å²) in [6, 6.07) is 6.99. The standard InChI is InChI=1S/C14H22N2O2/c1-10(2)7-13(9-17)16-14(18)12-5-3-11(8-15)4-6-12/h3-6,10,13,17H,7-9,15H2,1-2H3,(H,16,18). The smallest absolute Gasteiger partial charge is 0.251 e. The van der Waals surface area contributed by atoms with Crippen LogP contribution >= 0.6 is 0 Å². The highest BCUT2D eigenvalue weighted by Crippen LogP contribution is 2.07. The average Bonchev–Trinajstić information content (AvgIpc) is 2.37. The zero-order valence-corrected chi connectivity index (χ0v) is 11.0. The lowest BCUT2D eigenvalue weighted by Crippen LogP contribution is -2.38. The normalized spacial score (nSPS) is 12.5. The first-order valence-electron chi connectivity index (χ1n) is 6.27. The lowest BCUT2D eigenvalue weighted by Gasteiger charge is -2.18. The van der Waals surface area contributed by atoms with E-state index in [0.717, 1.165) is 12.0 Å². The van der Waals surface area contributed by atoms with Gasteiger partial charge in [-0.2, -0.15) is 0 Å². The zero-order chi connectivity index (χ0) is 13.5. The molecule has 1 rings (SSSR count). The topological polar surface area (TPSA) is 75.3 Å². The molecule has 0 spiro atoms. The Balaban J connectivity index is 2.62. The lowest BCUT2D eigenvalue weighted by molar-refractivity contribution is 0.0908. The molecule has 0 aliphatic carbocycles. The summed E-state index contributed by atoms with van der Waals surface area (Å²) in [6.45, 7) is 4.55. The molecule has 0 aliphatic heterocycles. The monoisotopic (exact) mass is 250 g/mol. The van der Waals surface area contributed by atoms with Gasteiger partial charge in [0.15, 0.2) is 0 Å². The van der Waals surface area contributed by atoms with Gasteiger partial charge in [-0.05, 0) is 30.0 Å². The fourth-order valence-corrected chi connectivity index (χ4v) is 1.81. The van der Waals surface area contributed by atoms with Crippen molar-refractivity contribution < 1.29 is 9.90 Å². The number of hydrogen-bond donors (Lipinski definition) is 3. The number of aliphatic hydroxyl groups excluding tert-OH is 1. The third kappa shape index (κ3) is 4.47. The number of hydrogen-bond acceptors (Lipinski definition) is 3. The van der Waals surface area contributed by atoms with E-state index in [1.54, 1.807) is 12.1 Å². The molecule has 0 radical (unpaired) electrons. The van der Waals surface area contributed by atoms with E-state index in [-0.39, 0.29) is 18.6 Å². The van der Waals surface area contributed by atoms with Crippen LogP contribution in [0.25, 0.3) is 0 Å². The van der Waals surface area contributed by atoms with Crippen LogP contribution in [0, 0.1) is 5.92 Å². The predicted molar refractivity (Wildman–Crippen MR) is 72.1 cm³/mol. The molecule has 0 aromatic heterocycles. The maximum Gasteiger partial charge on any atom is 0.251 e. The minimum absolute atomic E-state index is 0.0369. The van der Waals surface area contributed by atoms with Crippen molar-refractivity contribution in [2.75, 3.05) is 6.61 Å². The highest BCUT2D eigenvalue weighted by molar-refractivity contribution is 5.94. The molecule has 1 aromatic carbocycles. The number of amides is 1. The maximum atomic E-state index is 11.9. The van der Waals surface area contributed by atoms with Crippen LogP contribution in [0.3, 0.4) is 0 Å². The Bertz CT molecular complexity index is 374. The van der Waals surface area contributed by atoms with Gasteiger partial charge in [0.25, 0.3) is 5.91 Å². The molecule has 18 heavy (non-hydrogen) atoms. The molecule has 4 heteroatoms. The molecule has 0 bridgehead atoms. The number of carbonyl (C=O) groups is 1. The van der Waals surface area contributed by atoms with Crippen molar-refractivity contribution in [1.29, 1.82) is 0 Å². The SMILES string of the molecule is CC(C)CC(CO)NC(=O)c1ccc(CN)cc1. The summed E-state index contributed by atoms with van der Waals surface area (Å²) in [5.74, 6) is 0.278. The molecule has 1 amide bonds. The Hall–Kier alpha value is -1.39. The molecular formula is C14H22N2O2. The number of nitrogens with two attached hydrogens (primary N) is 1. The summed E-state index contributed by atoms with van der Waals surface area (Å²) in [4.78, 5) is 11.9. The van der Waals surface area contributed by atoms with E-state index in [0.29, 0.717) is 18.0 Å². The number of carbonyl (C=O) groups excluding carboxylic acids is 1. The molecule has 4 nitrogen and oxygen atoms in total. The average molecular weight is 250 g/mol. The quantitative estimate of drug-likeness (QED) is 0.712. The van der Waals surface area contributed by atoms with Crippen LogP contribution in [0.1, 0.15) is 36.2 Å². The van der Waals surface area contributed by atoms with Gasteiger partial charge in [0.1, 0.15) is 0 Å². The van der Waals surface area contributed by atoms with E-state index in [9.17, 15) is 9.90 Å². The van der Waals surface area contributed by atoms with Crippen LogP contribution in [-0.2, 0) is 6.54 Å². The summed E-state index contributed by atoms with van der Waals surface area (Å²) < 4.78 is 0. The fourth-order valence-electron chi connectivity index (χ4n) is 1.81. The molecular weight excluding hydrogens is 228 g/mol. The summed E-state index contributed by atoms with van der Waals surface area (Å²) in [6.07, 6.45) is 0.767. The highest BCUT2D eigenvalue weighted by Gasteiger charge is 2.14. The minimum atomic E-state index is -0.188. The Morgan fingerprint density at radius 2 is 1.94 bits per heavy atom. The van der Waals surface area contributed by atoms with E-state index in [1.807, 2.05) is 12.1 Å². The van der Waals surface area contributed by atoms with Crippen molar-refractivity contribution in [2.45, 2.75) is 32.9 Å². The van der Waals surface area contributed by atoms with Crippen LogP contribution < -0.4 is 11.1 Å². The van der Waals surface area contributed by atoms with Gasteiger partial charge in [0, 0.05) is 12.1 Å². The second-order valence-corrected chi connectivity index (χ2v) is 4.88. The van der Waals surface area contributed by atoms with E-state index >= 15 is 0 Å². The van der Waals surface area contributed by atoms with Crippen LogP contribution in [0.2, 0.25) is 0 Å². The summed E-state index contributed by atoms with van der Waals surface area (Å²) in [7, 11) is 0. The van der Waals surface area contributed by atoms with Crippen LogP contribution in [0.15, 0.2) is 24.3 Å². The third-order valence-electron chi connectivity index (χ3n) is 2.76. The Morgan fingerprint density at radius 3 is 2.39 bits per heavy atom. The molecule has 0 saturated carbocycles. The van der Waals surface area contributed by atoms with Crippen molar-refractivity contribution >= 4 is 5.91 Å². The molecule has 1 aromatic rings. The lowest BCUT2D eigenvalue weighted by atomic mass is 10.0. The molecule has 100 valence electrons. The Kier molecular flexibility index (Phi) is 5.82. The molecule has 1 atom stereocenters. The van der Waals surface area contributed by atoms with Crippen molar-refractivity contribution in [1.82, 2.24) is 5.32 Å². The minimum Gasteiger partial charge on any atom is -0.394 e. The van der Waals surface area contributed by atoms with E-state index in [1.165, 1.54) is 0 Å². The highest BCUT2D eigenvalue weighted by atomic mass is 16.3. The number of rotatable bonds is 6. The Labute approximate surface area is 108 Å². The van der Waals surface area contributed by atoms with Crippen molar-refractivity contribution in [3.63, 3.8) is 0 Å². The van der Waals surface area contributed by atoms with E-state index in [2.05, 4.69) is 19.2 Å². The molecule has 1 unspecified atom stereocenters. The van der Waals surface area contributed by atoms with Gasteiger partial charge in [-0.1, -0.05) is 26.0 Å². The van der Waals surface area contributed by atoms with Gasteiger partial charge in [0.05, 0.1) is 12.6 Å². The fraction of sp³-hybridized carbons (Fsp3) is 0.500. The summed E-state index contributed by atoms with van der Waals surface area (Å²) >= 11 is 0. The van der Waals surface area contributed by atoms with Gasteiger partial charge in [-0.25, -0.2) is 0 Å². The first-order chi connectivity index (χ1) is 8.56. The molecule has 0 saturated heterocycles. The van der Waals surface area contributed by atoms with Gasteiger partial charge in [-0.3, -0.25) is 4.79 Å². The van der Waals surface area contributed by atoms with Crippen LogP contribution in [-0.4, -0.2) is 23.7 Å². The van der Waals surface area contributed by atoms with E-state index < -0.39 is 0 Å². The van der Waals surface area contributed by atoms with E-state index in [4.69, 9.17) is 5.73 Å². The zero-order valence-electron chi connectivity index (χ0n) is 11.0.